The Morgan fingerprint density at radius 1 is 0.952 bits per heavy atom. The lowest BCUT2D eigenvalue weighted by Gasteiger charge is -2.33. The summed E-state index contributed by atoms with van der Waals surface area (Å²) in [5.41, 5.74) is 3.95. The van der Waals surface area contributed by atoms with Crippen molar-refractivity contribution in [2.24, 2.45) is 0 Å². The third-order valence-corrected chi connectivity index (χ3v) is 5.37. The third kappa shape index (κ3) is 3.44. The summed E-state index contributed by atoms with van der Waals surface area (Å²) in [4.78, 5) is 14.3. The van der Waals surface area contributed by atoms with Crippen LogP contribution in [0.1, 0.15) is 27.0 Å². The van der Waals surface area contributed by atoms with Gasteiger partial charge in [-0.25, -0.2) is 8.42 Å². The van der Waals surface area contributed by atoms with Gasteiger partial charge in [0, 0.05) is 31.7 Å². The largest absolute Gasteiger partial charge is 0.336 e. The Hall–Kier alpha value is -1.40. The predicted octanol–water partition coefficient (Wildman–Crippen LogP) is 1.33. The Morgan fingerprint density at radius 2 is 1.48 bits per heavy atom. The van der Waals surface area contributed by atoms with Crippen molar-refractivity contribution in [2.45, 2.75) is 20.8 Å². The van der Waals surface area contributed by atoms with Crippen LogP contribution in [0.3, 0.4) is 0 Å². The summed E-state index contributed by atoms with van der Waals surface area (Å²) in [5, 5.41) is 0. The van der Waals surface area contributed by atoms with Crippen LogP contribution in [0.15, 0.2) is 12.1 Å². The van der Waals surface area contributed by atoms with Crippen LogP contribution in [0.25, 0.3) is 0 Å². The third-order valence-electron chi connectivity index (χ3n) is 4.07. The van der Waals surface area contributed by atoms with E-state index in [1.54, 1.807) is 4.90 Å². The molecule has 0 aromatic heterocycles. The first-order valence-corrected chi connectivity index (χ1v) is 8.87. The summed E-state index contributed by atoms with van der Waals surface area (Å²) in [7, 11) is -3.16. The van der Waals surface area contributed by atoms with Crippen molar-refractivity contribution >= 4 is 15.9 Å². The quantitative estimate of drug-likeness (QED) is 0.828. The van der Waals surface area contributed by atoms with Gasteiger partial charge in [0.1, 0.15) is 0 Å². The second-order valence-corrected chi connectivity index (χ2v) is 7.69. The average molecular weight is 310 g/mol. The summed E-state index contributed by atoms with van der Waals surface area (Å²) in [5.74, 6) is -0.0104. The van der Waals surface area contributed by atoms with Crippen molar-refractivity contribution in [1.82, 2.24) is 9.21 Å². The zero-order valence-electron chi connectivity index (χ0n) is 13.0. The second-order valence-electron chi connectivity index (χ2n) is 5.71. The van der Waals surface area contributed by atoms with Gasteiger partial charge in [-0.2, -0.15) is 4.31 Å². The van der Waals surface area contributed by atoms with Gasteiger partial charge in [0.05, 0.1) is 6.26 Å². The minimum Gasteiger partial charge on any atom is -0.336 e. The topological polar surface area (TPSA) is 57.7 Å². The minimum atomic E-state index is -3.16. The minimum absolute atomic E-state index is 0.0104. The predicted molar refractivity (Wildman–Crippen MR) is 83.0 cm³/mol. The number of hydrogen-bond donors (Lipinski definition) is 0. The molecule has 0 aliphatic carbocycles. The maximum Gasteiger partial charge on any atom is 0.254 e. The van der Waals surface area contributed by atoms with Gasteiger partial charge >= 0.3 is 0 Å². The average Bonchev–Trinajstić information content (AvgIpc) is 2.41. The number of benzene rings is 1. The highest BCUT2D eigenvalue weighted by molar-refractivity contribution is 7.88. The highest BCUT2D eigenvalue weighted by Crippen LogP contribution is 2.18. The van der Waals surface area contributed by atoms with E-state index >= 15 is 0 Å². The van der Waals surface area contributed by atoms with Crippen LogP contribution in [-0.4, -0.2) is 56.0 Å². The molecule has 1 amide bonds. The van der Waals surface area contributed by atoms with Crippen molar-refractivity contribution in [2.75, 3.05) is 32.4 Å². The van der Waals surface area contributed by atoms with Gasteiger partial charge in [0.25, 0.3) is 5.91 Å². The standard InChI is InChI=1S/C15H22N2O3S/c1-11-9-13(3)14(10-12(11)2)15(18)16-5-7-17(8-6-16)21(4,19)20/h9-10H,5-8H2,1-4H3. The molecule has 1 fully saturated rings. The van der Waals surface area contributed by atoms with E-state index in [4.69, 9.17) is 0 Å². The summed E-state index contributed by atoms with van der Waals surface area (Å²) in [6.07, 6.45) is 1.21. The number of aryl methyl sites for hydroxylation is 3. The van der Waals surface area contributed by atoms with Crippen LogP contribution in [-0.2, 0) is 10.0 Å². The van der Waals surface area contributed by atoms with E-state index in [0.717, 1.165) is 11.1 Å². The normalized spacial score (nSPS) is 17.0. The van der Waals surface area contributed by atoms with Crippen LogP contribution in [0, 0.1) is 20.8 Å². The lowest BCUT2D eigenvalue weighted by Crippen LogP contribution is -2.50. The molecule has 1 aliphatic heterocycles. The molecule has 1 heterocycles. The van der Waals surface area contributed by atoms with Crippen molar-refractivity contribution in [3.05, 3.63) is 34.4 Å². The van der Waals surface area contributed by atoms with Crippen molar-refractivity contribution < 1.29 is 13.2 Å². The molecular formula is C15H22N2O3S. The van der Waals surface area contributed by atoms with Crippen molar-refractivity contribution in [3.63, 3.8) is 0 Å². The van der Waals surface area contributed by atoms with E-state index in [2.05, 4.69) is 0 Å². The molecule has 0 atom stereocenters. The number of sulfonamides is 1. The smallest absolute Gasteiger partial charge is 0.254 e. The molecule has 0 bridgehead atoms. The zero-order valence-corrected chi connectivity index (χ0v) is 13.8. The van der Waals surface area contributed by atoms with E-state index in [0.29, 0.717) is 31.7 Å². The monoisotopic (exact) mass is 310 g/mol. The first kappa shape index (κ1) is 16.0. The fourth-order valence-corrected chi connectivity index (χ4v) is 3.41. The van der Waals surface area contributed by atoms with Gasteiger partial charge in [0.2, 0.25) is 10.0 Å². The Bertz CT molecular complexity index is 660. The van der Waals surface area contributed by atoms with Crippen LogP contribution in [0.4, 0.5) is 0 Å². The molecule has 21 heavy (non-hydrogen) atoms. The van der Waals surface area contributed by atoms with Crippen molar-refractivity contribution in [1.29, 1.82) is 0 Å². The molecule has 1 aromatic rings. The molecule has 1 saturated heterocycles. The number of carbonyl (C=O) groups excluding carboxylic acids is 1. The van der Waals surface area contributed by atoms with E-state index in [9.17, 15) is 13.2 Å². The maximum absolute atomic E-state index is 12.6. The Labute approximate surface area is 126 Å². The summed E-state index contributed by atoms with van der Waals surface area (Å²) < 4.78 is 24.4. The number of piperazine rings is 1. The Balaban J connectivity index is 2.14. The Morgan fingerprint density at radius 3 is 2.00 bits per heavy atom. The molecule has 0 radical (unpaired) electrons. The number of nitrogens with zero attached hydrogens (tertiary/aromatic N) is 2. The van der Waals surface area contributed by atoms with Gasteiger partial charge in [-0.3, -0.25) is 4.79 Å². The molecule has 5 nitrogen and oxygen atoms in total. The summed E-state index contributed by atoms with van der Waals surface area (Å²) in [6.45, 7) is 7.58. The van der Waals surface area contributed by atoms with Crippen LogP contribution < -0.4 is 0 Å². The molecule has 116 valence electrons. The van der Waals surface area contributed by atoms with Crippen LogP contribution >= 0.6 is 0 Å². The van der Waals surface area contributed by atoms with E-state index < -0.39 is 10.0 Å². The second kappa shape index (κ2) is 5.77. The van der Waals surface area contributed by atoms with E-state index in [1.807, 2.05) is 32.9 Å². The van der Waals surface area contributed by atoms with Gasteiger partial charge in [-0.1, -0.05) is 6.07 Å². The molecule has 2 rings (SSSR count). The van der Waals surface area contributed by atoms with Gasteiger partial charge < -0.3 is 4.90 Å². The lowest BCUT2D eigenvalue weighted by molar-refractivity contribution is 0.0697. The molecule has 0 N–H and O–H groups in total. The highest BCUT2D eigenvalue weighted by Gasteiger charge is 2.27. The lowest BCUT2D eigenvalue weighted by atomic mass is 10.00. The number of carbonyl (C=O) groups is 1. The highest BCUT2D eigenvalue weighted by atomic mass is 32.2. The van der Waals surface area contributed by atoms with Gasteiger partial charge in [-0.15, -0.1) is 0 Å². The maximum atomic E-state index is 12.6. The molecule has 0 spiro atoms. The molecule has 0 unspecified atom stereocenters. The van der Waals surface area contributed by atoms with Crippen LogP contribution in [0.2, 0.25) is 0 Å². The molecule has 0 saturated carbocycles. The first-order valence-electron chi connectivity index (χ1n) is 7.02. The SMILES string of the molecule is Cc1cc(C)c(C(=O)N2CCN(S(C)(=O)=O)CC2)cc1C. The number of amides is 1. The van der Waals surface area contributed by atoms with Crippen molar-refractivity contribution in [3.8, 4) is 0 Å². The molecule has 1 aromatic carbocycles. The number of hydrogen-bond acceptors (Lipinski definition) is 3. The Kier molecular flexibility index (Phi) is 4.39. The molecular weight excluding hydrogens is 288 g/mol. The fraction of sp³-hybridized carbons (Fsp3) is 0.533. The van der Waals surface area contributed by atoms with E-state index in [-0.39, 0.29) is 5.91 Å². The van der Waals surface area contributed by atoms with Crippen LogP contribution in [0.5, 0.6) is 0 Å². The first-order chi connectivity index (χ1) is 9.70. The zero-order chi connectivity index (χ0) is 15.8. The van der Waals surface area contributed by atoms with Gasteiger partial charge in [-0.05, 0) is 43.5 Å². The molecule has 6 heteroatoms. The number of rotatable bonds is 2. The summed E-state index contributed by atoms with van der Waals surface area (Å²) >= 11 is 0. The molecule has 1 aliphatic rings. The van der Waals surface area contributed by atoms with E-state index in [1.165, 1.54) is 16.1 Å². The van der Waals surface area contributed by atoms with Gasteiger partial charge in [0.15, 0.2) is 0 Å². The summed E-state index contributed by atoms with van der Waals surface area (Å²) in [6, 6.07) is 3.95. The fourth-order valence-electron chi connectivity index (χ4n) is 2.58.